The Bertz CT molecular complexity index is 2130. The number of carbonyl (C=O) groups is 6. The summed E-state index contributed by atoms with van der Waals surface area (Å²) in [6.07, 6.45) is 0.156. The Kier molecular flexibility index (Phi) is 18.7. The van der Waals surface area contributed by atoms with Crippen LogP contribution in [0.2, 0.25) is 0 Å². The lowest BCUT2D eigenvalue weighted by molar-refractivity contribution is -0.140. The van der Waals surface area contributed by atoms with Crippen LogP contribution in [0.3, 0.4) is 0 Å². The number of ether oxygens (including phenoxy) is 1. The van der Waals surface area contributed by atoms with Gasteiger partial charge in [0.05, 0.1) is 51.4 Å². The van der Waals surface area contributed by atoms with Gasteiger partial charge in [0.25, 0.3) is 5.91 Å². The zero-order valence-corrected chi connectivity index (χ0v) is 37.7. The van der Waals surface area contributed by atoms with E-state index in [1.807, 2.05) is 43.0 Å². The molecule has 2 fully saturated rings. The van der Waals surface area contributed by atoms with Crippen molar-refractivity contribution in [3.63, 3.8) is 0 Å². The van der Waals surface area contributed by atoms with Crippen LogP contribution in [0.5, 0.6) is 11.5 Å². The summed E-state index contributed by atoms with van der Waals surface area (Å²) in [6.45, 7) is 9.04. The molecule has 1 aromatic heterocycles. The van der Waals surface area contributed by atoms with Crippen LogP contribution in [0.15, 0.2) is 36.4 Å². The fraction of sp³-hybridized carbons (Fsp3) is 0.545. The summed E-state index contributed by atoms with van der Waals surface area (Å²) in [7, 11) is 0. The molecule has 5 rings (SSSR count). The molecule has 3 aromatic rings. The molecule has 0 unspecified atom stereocenters. The number of aromatic nitrogens is 3. The third-order valence-corrected chi connectivity index (χ3v) is 11.5. The highest BCUT2D eigenvalue weighted by molar-refractivity contribution is 5.92. The second-order valence-electron chi connectivity index (χ2n) is 16.7. The highest BCUT2D eigenvalue weighted by Gasteiger charge is 2.32. The molecule has 0 saturated carbocycles. The lowest BCUT2D eigenvalue weighted by atomic mass is 9.91. The van der Waals surface area contributed by atoms with Crippen molar-refractivity contribution in [2.45, 2.75) is 39.0 Å². The van der Waals surface area contributed by atoms with Crippen LogP contribution < -0.4 is 10.6 Å². The highest BCUT2D eigenvalue weighted by Crippen LogP contribution is 2.38. The lowest BCUT2D eigenvalue weighted by Crippen LogP contribution is -2.50. The number of carboxylic acids is 3. The van der Waals surface area contributed by atoms with E-state index in [9.17, 15) is 54.3 Å². The number of phenols is 2. The van der Waals surface area contributed by atoms with E-state index in [1.54, 1.807) is 37.2 Å². The number of nitrogens with zero attached hydrogens (tertiary/aromatic N) is 8. The summed E-state index contributed by atoms with van der Waals surface area (Å²) in [5.74, 6) is -3.90. The van der Waals surface area contributed by atoms with Gasteiger partial charge in [-0.05, 0) is 42.2 Å². The number of nitrogens with one attached hydrogen (secondary N) is 2. The van der Waals surface area contributed by atoms with Gasteiger partial charge in [-0.2, -0.15) is 0 Å². The first-order valence-corrected chi connectivity index (χ1v) is 22.1. The summed E-state index contributed by atoms with van der Waals surface area (Å²) in [6, 6.07) is 10.4. The number of carbonyl (C=O) groups excluding carboxylic acids is 3. The molecule has 2 aliphatic rings. The summed E-state index contributed by atoms with van der Waals surface area (Å²) < 4.78 is 7.22. The third kappa shape index (κ3) is 14.7. The second kappa shape index (κ2) is 24.4. The Balaban J connectivity index is 1.08. The number of benzene rings is 2. The number of hydrogen-bond acceptors (Lipinski definition) is 15. The van der Waals surface area contributed by atoms with Gasteiger partial charge < -0.3 is 45.8 Å². The second-order valence-corrected chi connectivity index (χ2v) is 16.7. The molecule has 0 atom stereocenters. The Morgan fingerprint density at radius 3 is 1.74 bits per heavy atom. The maximum absolute atomic E-state index is 13.0. The number of likely N-dealkylation sites (tertiary alicyclic amines) is 1. The van der Waals surface area contributed by atoms with Gasteiger partial charge in [-0.15, -0.1) is 10.2 Å². The number of aromatic hydroxyl groups is 2. The van der Waals surface area contributed by atoms with Crippen molar-refractivity contribution in [3.8, 4) is 28.6 Å². The average molecular weight is 923 g/mol. The zero-order chi connectivity index (χ0) is 47.9. The molecule has 3 heterocycles. The van der Waals surface area contributed by atoms with Gasteiger partial charge in [0.2, 0.25) is 17.6 Å². The van der Waals surface area contributed by atoms with Gasteiger partial charge in [0, 0.05) is 96.2 Å². The Morgan fingerprint density at radius 1 is 0.712 bits per heavy atom. The molecule has 22 heteroatoms. The summed E-state index contributed by atoms with van der Waals surface area (Å²) >= 11 is 0. The fourth-order valence-corrected chi connectivity index (χ4v) is 7.84. The predicted octanol–water partition coefficient (Wildman–Crippen LogP) is 0.143. The molecule has 0 spiro atoms. The van der Waals surface area contributed by atoms with Crippen LogP contribution in [-0.4, -0.2) is 218 Å². The van der Waals surface area contributed by atoms with Crippen LogP contribution in [0.1, 0.15) is 60.8 Å². The number of phenolic OH excluding ortho intramolecular Hbond substituents is 2. The predicted molar refractivity (Wildman–Crippen MR) is 239 cm³/mol. The van der Waals surface area contributed by atoms with Gasteiger partial charge >= 0.3 is 17.9 Å². The van der Waals surface area contributed by atoms with Crippen molar-refractivity contribution >= 4 is 35.6 Å². The van der Waals surface area contributed by atoms with E-state index in [0.29, 0.717) is 62.6 Å². The monoisotopic (exact) mass is 922 g/mol. The molecule has 2 aromatic carbocycles. The minimum absolute atomic E-state index is 0.0210. The van der Waals surface area contributed by atoms with Crippen molar-refractivity contribution in [2.24, 2.45) is 0 Å². The third-order valence-electron chi connectivity index (χ3n) is 11.5. The molecular formula is C44H62N10O12. The van der Waals surface area contributed by atoms with Crippen molar-refractivity contribution in [1.82, 2.24) is 49.9 Å². The van der Waals surface area contributed by atoms with E-state index in [2.05, 4.69) is 20.8 Å². The summed E-state index contributed by atoms with van der Waals surface area (Å²) in [4.78, 5) is 82.1. The normalized spacial score (nSPS) is 16.3. The molecule has 3 amide bonds. The van der Waals surface area contributed by atoms with E-state index in [-0.39, 0.29) is 125 Å². The van der Waals surface area contributed by atoms with Crippen LogP contribution >= 0.6 is 0 Å². The summed E-state index contributed by atoms with van der Waals surface area (Å²) in [5, 5.41) is 63.5. The van der Waals surface area contributed by atoms with Gasteiger partial charge in [-0.25, -0.2) is 0 Å². The SMILES string of the molecule is CCNC(=O)c1nnc(-c2cc(C(C)C)c(O)cc2O)n1-c1ccc(C2CN(C(=O)CCOCCNC(=O)CN3CCN(CC(=O)O)CCN(CC(=O)O)CCN(CC(=O)O)CC3)C2)cc1. The molecule has 2 aliphatic heterocycles. The fourth-order valence-electron chi connectivity index (χ4n) is 7.84. The Morgan fingerprint density at radius 2 is 1.24 bits per heavy atom. The van der Waals surface area contributed by atoms with Crippen LogP contribution in [-0.2, 0) is 28.7 Å². The first kappa shape index (κ1) is 50.8. The van der Waals surface area contributed by atoms with Crippen molar-refractivity contribution in [3.05, 3.63) is 53.3 Å². The maximum Gasteiger partial charge on any atom is 0.317 e. The number of carboxylic acid groups (broad SMARTS) is 3. The molecule has 0 bridgehead atoms. The van der Waals surface area contributed by atoms with Crippen LogP contribution in [0, 0.1) is 0 Å². The molecule has 66 heavy (non-hydrogen) atoms. The Hall–Kier alpha value is -6.20. The summed E-state index contributed by atoms with van der Waals surface area (Å²) in [5.41, 5.74) is 2.48. The number of amides is 3. The minimum Gasteiger partial charge on any atom is -0.508 e. The van der Waals surface area contributed by atoms with E-state index in [0.717, 1.165) is 5.56 Å². The molecule has 7 N–H and O–H groups in total. The molecule has 22 nitrogen and oxygen atoms in total. The molecule has 0 radical (unpaired) electrons. The van der Waals surface area contributed by atoms with Crippen LogP contribution in [0.25, 0.3) is 17.1 Å². The van der Waals surface area contributed by atoms with Gasteiger partial charge in [-0.1, -0.05) is 26.0 Å². The molecule has 360 valence electrons. The van der Waals surface area contributed by atoms with Crippen molar-refractivity contribution < 1.29 is 59.0 Å². The number of aliphatic carboxylic acids is 3. The van der Waals surface area contributed by atoms with E-state index < -0.39 is 23.8 Å². The largest absolute Gasteiger partial charge is 0.508 e. The van der Waals surface area contributed by atoms with Crippen molar-refractivity contribution in [1.29, 1.82) is 0 Å². The van der Waals surface area contributed by atoms with Gasteiger partial charge in [-0.3, -0.25) is 52.9 Å². The minimum atomic E-state index is -1.04. The number of rotatable bonds is 20. The van der Waals surface area contributed by atoms with Crippen molar-refractivity contribution in [2.75, 3.05) is 118 Å². The molecular weight excluding hydrogens is 861 g/mol. The standard InChI is InChI=1S/C44H62N10O12/c1-4-45-44(65)43-48-47-42(34-21-33(29(2)3)35(55)22-36(34)56)54(43)32-7-5-30(6-8-32)31-23-53(24-31)38(58)9-19-66-20-10-46-37(57)25-49-11-13-50(26-39(59)60)15-17-52(28-41(63)64)18-16-51(14-12-49)27-40(61)62/h5-8,21-22,29,31,55-56H,4,9-20,23-28H2,1-3H3,(H,45,65)(H,46,57)(H,59,60)(H,61,62)(H,63,64). The zero-order valence-electron chi connectivity index (χ0n) is 37.7. The van der Waals surface area contributed by atoms with Gasteiger partial charge in [0.1, 0.15) is 11.5 Å². The van der Waals surface area contributed by atoms with E-state index in [4.69, 9.17) is 4.74 Å². The van der Waals surface area contributed by atoms with E-state index >= 15 is 0 Å². The smallest absolute Gasteiger partial charge is 0.317 e. The first-order valence-electron chi connectivity index (χ1n) is 22.1. The van der Waals surface area contributed by atoms with Crippen LogP contribution in [0.4, 0.5) is 0 Å². The number of hydrogen-bond donors (Lipinski definition) is 7. The molecule has 0 aliphatic carbocycles. The Labute approximate surface area is 382 Å². The first-order chi connectivity index (χ1) is 31.5. The maximum atomic E-state index is 13.0. The molecule has 2 saturated heterocycles. The van der Waals surface area contributed by atoms with E-state index in [1.165, 1.54) is 6.07 Å². The quantitative estimate of drug-likeness (QED) is 0.0743. The average Bonchev–Trinajstić information content (AvgIpc) is 3.67. The topological polar surface area (TPSA) is 284 Å². The van der Waals surface area contributed by atoms with Gasteiger partial charge in [0.15, 0.2) is 5.82 Å². The lowest BCUT2D eigenvalue weighted by Gasteiger charge is -2.39. The highest BCUT2D eigenvalue weighted by atomic mass is 16.5.